The van der Waals surface area contributed by atoms with Gasteiger partial charge >= 0.3 is 0 Å². The van der Waals surface area contributed by atoms with Gasteiger partial charge in [-0.3, -0.25) is 10.2 Å². The van der Waals surface area contributed by atoms with Crippen molar-refractivity contribution in [2.45, 2.75) is 0 Å². The van der Waals surface area contributed by atoms with Gasteiger partial charge in [-0.1, -0.05) is 12.1 Å². The molecule has 18 heavy (non-hydrogen) atoms. The van der Waals surface area contributed by atoms with Gasteiger partial charge in [0.2, 0.25) is 0 Å². The van der Waals surface area contributed by atoms with E-state index in [1.165, 1.54) is 6.08 Å². The first kappa shape index (κ1) is 12.6. The number of hydrazine groups is 1. The van der Waals surface area contributed by atoms with E-state index in [0.29, 0.717) is 18.9 Å². The molecular weight excluding hydrogens is 230 g/mol. The van der Waals surface area contributed by atoms with E-state index in [4.69, 9.17) is 10.5 Å². The van der Waals surface area contributed by atoms with E-state index in [1.54, 1.807) is 6.08 Å². The lowest BCUT2D eigenvalue weighted by atomic mass is 10.2. The Morgan fingerprint density at radius 2 is 2.17 bits per heavy atom. The molecule has 96 valence electrons. The van der Waals surface area contributed by atoms with Crippen molar-refractivity contribution in [1.29, 1.82) is 0 Å². The van der Waals surface area contributed by atoms with Gasteiger partial charge in [0, 0.05) is 24.9 Å². The largest absolute Gasteiger partial charge is 0.399 e. The summed E-state index contributed by atoms with van der Waals surface area (Å²) in [6, 6.07) is 7.38. The van der Waals surface area contributed by atoms with Crippen LogP contribution in [0.15, 0.2) is 30.3 Å². The van der Waals surface area contributed by atoms with Gasteiger partial charge in [-0.05, 0) is 23.8 Å². The minimum Gasteiger partial charge on any atom is -0.399 e. The van der Waals surface area contributed by atoms with Crippen LogP contribution in [0.4, 0.5) is 5.69 Å². The molecule has 0 unspecified atom stereocenters. The summed E-state index contributed by atoms with van der Waals surface area (Å²) in [5, 5.41) is 1.86. The van der Waals surface area contributed by atoms with Gasteiger partial charge in [0.1, 0.15) is 0 Å². The number of amides is 1. The second kappa shape index (κ2) is 6.18. The van der Waals surface area contributed by atoms with Crippen LogP contribution in [0.1, 0.15) is 5.56 Å². The lowest BCUT2D eigenvalue weighted by molar-refractivity contribution is -0.123. The zero-order valence-corrected chi connectivity index (χ0v) is 10.1. The van der Waals surface area contributed by atoms with Gasteiger partial charge < -0.3 is 10.5 Å². The average molecular weight is 247 g/mol. The van der Waals surface area contributed by atoms with Gasteiger partial charge in [0.15, 0.2) is 0 Å². The highest BCUT2D eigenvalue weighted by Crippen LogP contribution is 2.07. The van der Waals surface area contributed by atoms with Crippen LogP contribution in [0.5, 0.6) is 0 Å². The molecule has 0 saturated carbocycles. The first-order chi connectivity index (χ1) is 8.74. The number of benzene rings is 1. The summed E-state index contributed by atoms with van der Waals surface area (Å²) in [5.41, 5.74) is 10.1. The lowest BCUT2D eigenvalue weighted by Crippen LogP contribution is -2.47. The third-order valence-electron chi connectivity index (χ3n) is 2.62. The van der Waals surface area contributed by atoms with Crippen molar-refractivity contribution in [2.75, 3.05) is 32.0 Å². The number of rotatable bonds is 3. The highest BCUT2D eigenvalue weighted by molar-refractivity contribution is 5.91. The highest BCUT2D eigenvalue weighted by atomic mass is 16.5. The number of anilines is 1. The Hall–Kier alpha value is -1.85. The standard InChI is InChI=1S/C13H17N3O2/c14-12-3-1-2-11(10-12)4-5-13(17)15-16-6-8-18-9-7-16/h1-5,10H,6-9,14H2,(H,15,17)/b5-4+. The summed E-state index contributed by atoms with van der Waals surface area (Å²) in [4.78, 5) is 11.7. The normalized spacial score (nSPS) is 16.9. The molecule has 1 fully saturated rings. The molecule has 0 bridgehead atoms. The number of morpholine rings is 1. The number of hydrogen-bond donors (Lipinski definition) is 2. The maximum atomic E-state index is 11.7. The number of ether oxygens (including phenoxy) is 1. The van der Waals surface area contributed by atoms with E-state index in [9.17, 15) is 4.79 Å². The number of nitrogen functional groups attached to an aromatic ring is 1. The van der Waals surface area contributed by atoms with Crippen LogP contribution in [-0.2, 0) is 9.53 Å². The van der Waals surface area contributed by atoms with Crippen molar-refractivity contribution in [3.63, 3.8) is 0 Å². The van der Waals surface area contributed by atoms with Crippen molar-refractivity contribution >= 4 is 17.7 Å². The van der Waals surface area contributed by atoms with E-state index >= 15 is 0 Å². The third kappa shape index (κ3) is 3.87. The number of carbonyl (C=O) groups excluding carboxylic acids is 1. The molecule has 3 N–H and O–H groups in total. The zero-order valence-electron chi connectivity index (χ0n) is 10.1. The van der Waals surface area contributed by atoms with E-state index in [-0.39, 0.29) is 5.91 Å². The molecule has 1 saturated heterocycles. The first-order valence-corrected chi connectivity index (χ1v) is 5.91. The second-order valence-corrected chi connectivity index (χ2v) is 4.08. The molecule has 1 aromatic carbocycles. The van der Waals surface area contributed by atoms with Crippen LogP contribution >= 0.6 is 0 Å². The Labute approximate surface area is 106 Å². The Bertz CT molecular complexity index is 440. The Balaban J connectivity index is 1.86. The Kier molecular flexibility index (Phi) is 4.33. The van der Waals surface area contributed by atoms with Crippen LogP contribution in [0.25, 0.3) is 6.08 Å². The summed E-state index contributed by atoms with van der Waals surface area (Å²) in [5.74, 6) is -0.140. The molecule has 0 spiro atoms. The van der Waals surface area contributed by atoms with Gasteiger partial charge in [-0.25, -0.2) is 5.01 Å². The van der Waals surface area contributed by atoms with E-state index in [0.717, 1.165) is 18.7 Å². The predicted molar refractivity (Wildman–Crippen MR) is 70.4 cm³/mol. The number of nitrogens with one attached hydrogen (secondary N) is 1. The Morgan fingerprint density at radius 1 is 1.39 bits per heavy atom. The first-order valence-electron chi connectivity index (χ1n) is 5.91. The number of nitrogens with zero attached hydrogens (tertiary/aromatic N) is 1. The molecule has 2 rings (SSSR count). The van der Waals surface area contributed by atoms with E-state index < -0.39 is 0 Å². The fraction of sp³-hybridized carbons (Fsp3) is 0.308. The zero-order chi connectivity index (χ0) is 12.8. The van der Waals surface area contributed by atoms with E-state index in [1.807, 2.05) is 29.3 Å². The molecule has 5 heteroatoms. The average Bonchev–Trinajstić information content (AvgIpc) is 2.38. The summed E-state index contributed by atoms with van der Waals surface area (Å²) in [7, 11) is 0. The van der Waals surface area contributed by atoms with Gasteiger partial charge in [-0.15, -0.1) is 0 Å². The number of nitrogens with two attached hydrogens (primary N) is 1. The van der Waals surface area contributed by atoms with Crippen molar-refractivity contribution < 1.29 is 9.53 Å². The Morgan fingerprint density at radius 3 is 2.89 bits per heavy atom. The SMILES string of the molecule is Nc1cccc(/C=C/C(=O)NN2CCOCC2)c1. The molecule has 1 heterocycles. The second-order valence-electron chi connectivity index (χ2n) is 4.08. The van der Waals surface area contributed by atoms with Crippen LogP contribution in [0, 0.1) is 0 Å². The van der Waals surface area contributed by atoms with Crippen molar-refractivity contribution in [2.24, 2.45) is 0 Å². The minimum atomic E-state index is -0.140. The van der Waals surface area contributed by atoms with Crippen LogP contribution in [0.2, 0.25) is 0 Å². The molecule has 1 aromatic rings. The van der Waals surface area contributed by atoms with Crippen LogP contribution < -0.4 is 11.2 Å². The third-order valence-corrected chi connectivity index (χ3v) is 2.62. The van der Waals surface area contributed by atoms with E-state index in [2.05, 4.69) is 5.43 Å². The van der Waals surface area contributed by atoms with Gasteiger partial charge in [-0.2, -0.15) is 0 Å². The van der Waals surface area contributed by atoms with Gasteiger partial charge in [0.05, 0.1) is 13.2 Å². The summed E-state index contributed by atoms with van der Waals surface area (Å²) >= 11 is 0. The van der Waals surface area contributed by atoms with Crippen LogP contribution in [-0.4, -0.2) is 37.2 Å². The fourth-order valence-electron chi connectivity index (χ4n) is 1.70. The minimum absolute atomic E-state index is 0.140. The highest BCUT2D eigenvalue weighted by Gasteiger charge is 2.10. The van der Waals surface area contributed by atoms with Crippen molar-refractivity contribution in [1.82, 2.24) is 10.4 Å². The summed E-state index contributed by atoms with van der Waals surface area (Å²) in [6.45, 7) is 2.74. The van der Waals surface area contributed by atoms with Crippen molar-refractivity contribution in [3.8, 4) is 0 Å². The smallest absolute Gasteiger partial charge is 0.258 e. The molecule has 5 nitrogen and oxygen atoms in total. The molecule has 0 atom stereocenters. The molecule has 0 aromatic heterocycles. The number of hydrogen-bond acceptors (Lipinski definition) is 4. The molecular formula is C13H17N3O2. The maximum absolute atomic E-state index is 11.7. The molecule has 0 aliphatic carbocycles. The molecule has 1 aliphatic rings. The van der Waals surface area contributed by atoms with Crippen LogP contribution in [0.3, 0.4) is 0 Å². The predicted octanol–water partition coefficient (Wildman–Crippen LogP) is 0.645. The maximum Gasteiger partial charge on any atom is 0.258 e. The summed E-state index contributed by atoms with van der Waals surface area (Å²) in [6.07, 6.45) is 3.25. The molecule has 1 amide bonds. The summed E-state index contributed by atoms with van der Waals surface area (Å²) < 4.78 is 5.20. The van der Waals surface area contributed by atoms with Crippen molar-refractivity contribution in [3.05, 3.63) is 35.9 Å². The lowest BCUT2D eigenvalue weighted by Gasteiger charge is -2.26. The van der Waals surface area contributed by atoms with Gasteiger partial charge in [0.25, 0.3) is 5.91 Å². The molecule has 0 radical (unpaired) electrons. The topological polar surface area (TPSA) is 67.6 Å². The number of carbonyl (C=O) groups is 1. The molecule has 1 aliphatic heterocycles. The monoisotopic (exact) mass is 247 g/mol. The quantitative estimate of drug-likeness (QED) is 0.608. The fourth-order valence-corrected chi connectivity index (χ4v) is 1.70.